The highest BCUT2D eigenvalue weighted by atomic mass is 15.4. The first-order valence-corrected chi connectivity index (χ1v) is 10.3. The van der Waals surface area contributed by atoms with Gasteiger partial charge in [0.25, 0.3) is 5.95 Å². The zero-order valence-electron chi connectivity index (χ0n) is 17.4. The van der Waals surface area contributed by atoms with Gasteiger partial charge in [0.15, 0.2) is 5.82 Å². The Kier molecular flexibility index (Phi) is 5.60. The third-order valence-corrected chi connectivity index (χ3v) is 5.68. The zero-order chi connectivity index (χ0) is 20.2. The monoisotopic (exact) mass is 388 g/mol. The zero-order valence-corrected chi connectivity index (χ0v) is 17.4. The number of nitrogens with zero attached hydrogens (tertiary/aromatic N) is 6. The summed E-state index contributed by atoms with van der Waals surface area (Å²) in [6.07, 6.45) is 1.77. The molecule has 0 saturated carbocycles. The molecule has 0 amide bonds. The molecule has 2 aromatic carbocycles. The summed E-state index contributed by atoms with van der Waals surface area (Å²) in [5.74, 6) is 1.54. The van der Waals surface area contributed by atoms with Crippen LogP contribution in [0.1, 0.15) is 18.1 Å². The maximum absolute atomic E-state index is 4.83. The van der Waals surface area contributed by atoms with E-state index in [0.717, 1.165) is 44.2 Å². The van der Waals surface area contributed by atoms with Gasteiger partial charge in [-0.2, -0.15) is 10.1 Å². The fourth-order valence-electron chi connectivity index (χ4n) is 3.85. The third-order valence-electron chi connectivity index (χ3n) is 5.68. The van der Waals surface area contributed by atoms with Crippen molar-refractivity contribution in [1.29, 1.82) is 0 Å². The molecule has 3 aromatic rings. The van der Waals surface area contributed by atoms with Crippen molar-refractivity contribution in [2.45, 2.75) is 20.8 Å². The van der Waals surface area contributed by atoms with E-state index in [1.807, 2.05) is 18.2 Å². The smallest absolute Gasteiger partial charge is 0.251 e. The van der Waals surface area contributed by atoms with E-state index >= 15 is 0 Å². The third kappa shape index (κ3) is 4.01. The highest BCUT2D eigenvalue weighted by Crippen LogP contribution is 2.26. The van der Waals surface area contributed by atoms with Gasteiger partial charge in [-0.15, -0.1) is 5.10 Å². The van der Waals surface area contributed by atoms with Crippen LogP contribution < -0.4 is 14.7 Å². The first-order chi connectivity index (χ1) is 14.2. The van der Waals surface area contributed by atoms with E-state index in [2.05, 4.69) is 76.0 Å². The van der Waals surface area contributed by atoms with Crippen LogP contribution >= 0.6 is 0 Å². The van der Waals surface area contributed by atoms with Gasteiger partial charge in [0, 0.05) is 44.1 Å². The van der Waals surface area contributed by atoms with Crippen LogP contribution in [0.4, 0.5) is 23.1 Å². The molecule has 1 aliphatic heterocycles. The molecule has 0 radical (unpaired) electrons. The Bertz CT molecular complexity index is 951. The molecule has 1 aromatic heterocycles. The summed E-state index contributed by atoms with van der Waals surface area (Å²) in [7, 11) is 0. The number of benzene rings is 2. The predicted molar refractivity (Wildman–Crippen MR) is 119 cm³/mol. The SMILES string of the molecule is CCN(c1ccccc1)c1nncc(N2CCN(c3cccc(C)c3C)CC2)n1. The summed E-state index contributed by atoms with van der Waals surface area (Å²) < 4.78 is 0. The fourth-order valence-corrected chi connectivity index (χ4v) is 3.85. The van der Waals surface area contributed by atoms with Crippen molar-refractivity contribution >= 4 is 23.1 Å². The molecule has 0 atom stereocenters. The van der Waals surface area contributed by atoms with Gasteiger partial charge in [-0.05, 0) is 50.1 Å². The summed E-state index contributed by atoms with van der Waals surface area (Å²) >= 11 is 0. The van der Waals surface area contributed by atoms with Crippen LogP contribution in [-0.2, 0) is 0 Å². The van der Waals surface area contributed by atoms with Gasteiger partial charge in [-0.1, -0.05) is 30.3 Å². The van der Waals surface area contributed by atoms with Crippen molar-refractivity contribution in [3.63, 3.8) is 0 Å². The van der Waals surface area contributed by atoms with Crippen LogP contribution in [0.5, 0.6) is 0 Å². The van der Waals surface area contributed by atoms with Crippen LogP contribution in [0.2, 0.25) is 0 Å². The molecule has 6 nitrogen and oxygen atoms in total. The molecule has 6 heteroatoms. The normalized spacial score (nSPS) is 14.2. The molecule has 1 fully saturated rings. The maximum Gasteiger partial charge on any atom is 0.251 e. The molecular weight excluding hydrogens is 360 g/mol. The van der Waals surface area contributed by atoms with Gasteiger partial charge in [-0.25, -0.2) is 0 Å². The van der Waals surface area contributed by atoms with E-state index in [1.54, 1.807) is 6.20 Å². The number of piperazine rings is 1. The van der Waals surface area contributed by atoms with Crippen LogP contribution in [0, 0.1) is 13.8 Å². The lowest BCUT2D eigenvalue weighted by Gasteiger charge is -2.37. The molecule has 1 saturated heterocycles. The van der Waals surface area contributed by atoms with Crippen LogP contribution in [-0.4, -0.2) is 47.9 Å². The van der Waals surface area contributed by atoms with Crippen LogP contribution in [0.15, 0.2) is 54.7 Å². The Labute approximate surface area is 172 Å². The van der Waals surface area contributed by atoms with Gasteiger partial charge in [0.05, 0.1) is 6.20 Å². The average molecular weight is 389 g/mol. The minimum atomic E-state index is 0.646. The maximum atomic E-state index is 4.83. The lowest BCUT2D eigenvalue weighted by atomic mass is 10.1. The van der Waals surface area contributed by atoms with Crippen LogP contribution in [0.3, 0.4) is 0 Å². The van der Waals surface area contributed by atoms with Gasteiger partial charge in [0.2, 0.25) is 0 Å². The second-order valence-electron chi connectivity index (χ2n) is 7.39. The number of anilines is 4. The molecular formula is C23H28N6. The minimum Gasteiger partial charge on any atom is -0.368 e. The van der Waals surface area contributed by atoms with E-state index in [1.165, 1.54) is 16.8 Å². The molecule has 0 spiro atoms. The van der Waals surface area contributed by atoms with Crippen molar-refractivity contribution in [2.75, 3.05) is 47.4 Å². The molecule has 2 heterocycles. The van der Waals surface area contributed by atoms with Crippen molar-refractivity contribution in [3.8, 4) is 0 Å². The van der Waals surface area contributed by atoms with E-state index in [9.17, 15) is 0 Å². The standard InChI is InChI=1S/C23H28N6/c1-4-29(20-10-6-5-7-11-20)23-25-22(17-24-26-23)28-15-13-27(14-16-28)21-12-8-9-18(2)19(21)3/h5-12,17H,4,13-16H2,1-3H3. The van der Waals surface area contributed by atoms with E-state index in [4.69, 9.17) is 4.98 Å². The Hall–Kier alpha value is -3.15. The largest absolute Gasteiger partial charge is 0.368 e. The highest BCUT2D eigenvalue weighted by molar-refractivity contribution is 5.59. The fraction of sp³-hybridized carbons (Fsp3) is 0.348. The topological polar surface area (TPSA) is 48.4 Å². The van der Waals surface area contributed by atoms with Crippen molar-refractivity contribution in [2.24, 2.45) is 0 Å². The lowest BCUT2D eigenvalue weighted by Crippen LogP contribution is -2.47. The molecule has 0 unspecified atom stereocenters. The van der Waals surface area contributed by atoms with Crippen molar-refractivity contribution in [3.05, 3.63) is 65.9 Å². The van der Waals surface area contributed by atoms with E-state index < -0.39 is 0 Å². The average Bonchev–Trinajstić information content (AvgIpc) is 2.77. The number of para-hydroxylation sites is 1. The summed E-state index contributed by atoms with van der Waals surface area (Å²) in [5.41, 5.74) is 5.13. The molecule has 0 aliphatic carbocycles. The quantitative estimate of drug-likeness (QED) is 0.659. The number of aromatic nitrogens is 3. The number of rotatable bonds is 5. The van der Waals surface area contributed by atoms with E-state index in [-0.39, 0.29) is 0 Å². The number of aryl methyl sites for hydroxylation is 1. The molecule has 150 valence electrons. The number of hydrogen-bond donors (Lipinski definition) is 0. The highest BCUT2D eigenvalue weighted by Gasteiger charge is 2.21. The summed E-state index contributed by atoms with van der Waals surface area (Å²) in [5, 5.41) is 8.54. The summed E-state index contributed by atoms with van der Waals surface area (Å²) in [6.45, 7) is 11.1. The second-order valence-corrected chi connectivity index (χ2v) is 7.39. The van der Waals surface area contributed by atoms with Gasteiger partial charge >= 0.3 is 0 Å². The molecule has 4 rings (SSSR count). The first kappa shape index (κ1) is 19.2. The van der Waals surface area contributed by atoms with Crippen molar-refractivity contribution in [1.82, 2.24) is 15.2 Å². The molecule has 1 aliphatic rings. The molecule has 0 N–H and O–H groups in total. The van der Waals surface area contributed by atoms with E-state index in [0.29, 0.717) is 5.95 Å². The molecule has 0 bridgehead atoms. The Morgan fingerprint density at radius 2 is 1.62 bits per heavy atom. The second kappa shape index (κ2) is 8.47. The Balaban J connectivity index is 1.49. The predicted octanol–water partition coefficient (Wildman–Crippen LogP) is 3.97. The van der Waals surface area contributed by atoms with Crippen LogP contribution in [0.25, 0.3) is 0 Å². The summed E-state index contributed by atoms with van der Waals surface area (Å²) in [4.78, 5) is 11.7. The van der Waals surface area contributed by atoms with Crippen molar-refractivity contribution < 1.29 is 0 Å². The Morgan fingerprint density at radius 3 is 2.34 bits per heavy atom. The minimum absolute atomic E-state index is 0.646. The first-order valence-electron chi connectivity index (χ1n) is 10.3. The Morgan fingerprint density at radius 1 is 0.897 bits per heavy atom. The molecule has 29 heavy (non-hydrogen) atoms. The van der Waals surface area contributed by atoms with Gasteiger partial charge < -0.3 is 14.7 Å². The number of hydrogen-bond acceptors (Lipinski definition) is 6. The van der Waals surface area contributed by atoms with Gasteiger partial charge in [0.1, 0.15) is 0 Å². The summed E-state index contributed by atoms with van der Waals surface area (Å²) in [6, 6.07) is 16.8. The lowest BCUT2D eigenvalue weighted by molar-refractivity contribution is 0.642. The van der Waals surface area contributed by atoms with Gasteiger partial charge in [-0.3, -0.25) is 0 Å².